The lowest BCUT2D eigenvalue weighted by Gasteiger charge is -2.13. The van der Waals surface area contributed by atoms with Gasteiger partial charge in [-0.15, -0.1) is 0 Å². The van der Waals surface area contributed by atoms with E-state index in [9.17, 15) is 4.79 Å². The number of hydrogen-bond acceptors (Lipinski definition) is 4. The molecule has 0 amide bonds. The number of nitriles is 1. The first-order chi connectivity index (χ1) is 10.7. The molecule has 22 heavy (non-hydrogen) atoms. The first kappa shape index (κ1) is 14.1. The second kappa shape index (κ2) is 5.51. The van der Waals surface area contributed by atoms with E-state index in [1.54, 1.807) is 19.2 Å². The summed E-state index contributed by atoms with van der Waals surface area (Å²) in [5, 5.41) is 13.0. The Kier molecular flexibility index (Phi) is 3.53. The van der Waals surface area contributed by atoms with Crippen molar-refractivity contribution >= 4 is 28.3 Å². The van der Waals surface area contributed by atoms with Gasteiger partial charge in [-0.3, -0.25) is 4.57 Å². The Morgan fingerprint density at radius 3 is 2.64 bits per heavy atom. The minimum atomic E-state index is -0.413. The van der Waals surface area contributed by atoms with Crippen LogP contribution in [0.3, 0.4) is 0 Å². The van der Waals surface area contributed by atoms with Crippen LogP contribution in [-0.4, -0.2) is 16.6 Å². The van der Waals surface area contributed by atoms with Crippen LogP contribution in [0, 0.1) is 11.3 Å². The Hall–Kier alpha value is -2.84. The normalized spacial score (nSPS) is 10.4. The zero-order valence-electron chi connectivity index (χ0n) is 11.7. The standard InChI is InChI=1S/C16H11ClN4O/c1-19-15-12-7-10(9-18)13(17)8-14(12)21(16(22)20-15)11-5-3-2-4-6-11/h2-8H,1H3,(H,19,20,22). The molecule has 0 spiro atoms. The van der Waals surface area contributed by atoms with E-state index < -0.39 is 5.69 Å². The molecule has 0 radical (unpaired) electrons. The number of nitrogens with zero attached hydrogens (tertiary/aromatic N) is 3. The largest absolute Gasteiger partial charge is 0.372 e. The highest BCUT2D eigenvalue weighted by Gasteiger charge is 2.14. The number of benzene rings is 2. The molecule has 108 valence electrons. The lowest BCUT2D eigenvalue weighted by Crippen LogP contribution is -2.23. The van der Waals surface area contributed by atoms with Crippen molar-refractivity contribution in [3.05, 3.63) is 63.5 Å². The molecule has 3 aromatic rings. The molecule has 1 N–H and O–H groups in total. The second-order valence-electron chi connectivity index (χ2n) is 4.62. The highest BCUT2D eigenvalue weighted by atomic mass is 35.5. The summed E-state index contributed by atoms with van der Waals surface area (Å²) in [6.45, 7) is 0. The third kappa shape index (κ3) is 2.20. The van der Waals surface area contributed by atoms with E-state index >= 15 is 0 Å². The molecular weight excluding hydrogens is 300 g/mol. The fraction of sp³-hybridized carbons (Fsp3) is 0.0625. The molecule has 0 unspecified atom stereocenters. The topological polar surface area (TPSA) is 70.7 Å². The van der Waals surface area contributed by atoms with Crippen molar-refractivity contribution in [2.24, 2.45) is 0 Å². The summed E-state index contributed by atoms with van der Waals surface area (Å²) >= 11 is 6.13. The number of nitrogens with one attached hydrogen (secondary N) is 1. The van der Waals surface area contributed by atoms with Crippen LogP contribution in [0.15, 0.2) is 47.3 Å². The summed E-state index contributed by atoms with van der Waals surface area (Å²) in [5.41, 5.74) is 1.21. The predicted octanol–water partition coefficient (Wildman–Crippen LogP) is 2.95. The van der Waals surface area contributed by atoms with Gasteiger partial charge in [-0.1, -0.05) is 29.8 Å². The minimum absolute atomic E-state index is 0.298. The molecule has 1 aromatic heterocycles. The molecule has 3 rings (SSSR count). The van der Waals surface area contributed by atoms with Crippen molar-refractivity contribution in [3.8, 4) is 11.8 Å². The van der Waals surface area contributed by atoms with Crippen LogP contribution in [0.5, 0.6) is 0 Å². The molecule has 0 bridgehead atoms. The molecule has 5 nitrogen and oxygen atoms in total. The Balaban J connectivity index is 2.49. The number of para-hydroxylation sites is 1. The van der Waals surface area contributed by atoms with Gasteiger partial charge < -0.3 is 5.32 Å². The van der Waals surface area contributed by atoms with E-state index in [0.717, 1.165) is 0 Å². The van der Waals surface area contributed by atoms with Gasteiger partial charge in [0.25, 0.3) is 0 Å². The summed E-state index contributed by atoms with van der Waals surface area (Å²) < 4.78 is 1.48. The summed E-state index contributed by atoms with van der Waals surface area (Å²) in [6, 6.07) is 14.5. The molecule has 0 aliphatic carbocycles. The summed E-state index contributed by atoms with van der Waals surface area (Å²) in [4.78, 5) is 16.4. The van der Waals surface area contributed by atoms with E-state index in [0.29, 0.717) is 33.0 Å². The van der Waals surface area contributed by atoms with E-state index in [1.807, 2.05) is 36.4 Å². The number of anilines is 1. The first-order valence-electron chi connectivity index (χ1n) is 6.55. The zero-order valence-corrected chi connectivity index (χ0v) is 12.4. The van der Waals surface area contributed by atoms with Crippen molar-refractivity contribution < 1.29 is 0 Å². The van der Waals surface area contributed by atoms with Gasteiger partial charge in [-0.2, -0.15) is 10.2 Å². The molecule has 0 fully saturated rings. The average molecular weight is 311 g/mol. The first-order valence-corrected chi connectivity index (χ1v) is 6.93. The van der Waals surface area contributed by atoms with Crippen LogP contribution in [0.25, 0.3) is 16.6 Å². The Morgan fingerprint density at radius 2 is 2.00 bits per heavy atom. The van der Waals surface area contributed by atoms with Gasteiger partial charge in [0.05, 0.1) is 21.8 Å². The molecule has 0 saturated heterocycles. The molecule has 0 aliphatic rings. The highest BCUT2D eigenvalue weighted by molar-refractivity contribution is 6.32. The number of rotatable bonds is 2. The van der Waals surface area contributed by atoms with E-state index in [4.69, 9.17) is 16.9 Å². The lowest BCUT2D eigenvalue weighted by atomic mass is 10.1. The minimum Gasteiger partial charge on any atom is -0.372 e. The molecule has 1 heterocycles. The predicted molar refractivity (Wildman–Crippen MR) is 86.6 cm³/mol. The molecule has 0 saturated carbocycles. The van der Waals surface area contributed by atoms with Crippen LogP contribution in [0.1, 0.15) is 5.56 Å². The van der Waals surface area contributed by atoms with Crippen LogP contribution < -0.4 is 11.0 Å². The average Bonchev–Trinajstić information content (AvgIpc) is 2.54. The van der Waals surface area contributed by atoms with Gasteiger partial charge in [0.15, 0.2) is 0 Å². The quantitative estimate of drug-likeness (QED) is 0.790. The van der Waals surface area contributed by atoms with E-state index in [-0.39, 0.29) is 0 Å². The third-order valence-corrected chi connectivity index (χ3v) is 3.66. The van der Waals surface area contributed by atoms with Gasteiger partial charge in [-0.25, -0.2) is 4.79 Å². The van der Waals surface area contributed by atoms with Gasteiger partial charge >= 0.3 is 5.69 Å². The number of hydrogen-bond donors (Lipinski definition) is 1. The Morgan fingerprint density at radius 1 is 1.27 bits per heavy atom. The summed E-state index contributed by atoms with van der Waals surface area (Å²) in [6.07, 6.45) is 0. The molecule has 6 heteroatoms. The second-order valence-corrected chi connectivity index (χ2v) is 5.03. The maximum Gasteiger partial charge on any atom is 0.354 e. The molecule has 0 aliphatic heterocycles. The van der Waals surface area contributed by atoms with Crippen LogP contribution in [0.4, 0.5) is 5.82 Å². The van der Waals surface area contributed by atoms with Gasteiger partial charge in [0.1, 0.15) is 11.9 Å². The third-order valence-electron chi connectivity index (χ3n) is 3.35. The maximum atomic E-state index is 12.4. The van der Waals surface area contributed by atoms with Crippen LogP contribution in [-0.2, 0) is 0 Å². The Labute approximate surface area is 131 Å². The molecule has 0 atom stereocenters. The SMILES string of the molecule is CNc1nc(=O)n(-c2ccccc2)c2cc(Cl)c(C#N)cc12. The number of aromatic nitrogens is 2. The molecular formula is C16H11ClN4O. The van der Waals surface area contributed by atoms with Gasteiger partial charge in [0.2, 0.25) is 0 Å². The fourth-order valence-electron chi connectivity index (χ4n) is 2.35. The van der Waals surface area contributed by atoms with Crippen LogP contribution >= 0.6 is 11.6 Å². The van der Waals surface area contributed by atoms with Crippen molar-refractivity contribution in [2.45, 2.75) is 0 Å². The highest BCUT2D eigenvalue weighted by Crippen LogP contribution is 2.27. The number of fused-ring (bicyclic) bond motifs is 1. The van der Waals surface area contributed by atoms with E-state index in [1.165, 1.54) is 4.57 Å². The summed E-state index contributed by atoms with van der Waals surface area (Å²) in [7, 11) is 1.68. The van der Waals surface area contributed by atoms with E-state index in [2.05, 4.69) is 10.3 Å². The van der Waals surface area contributed by atoms with Crippen molar-refractivity contribution in [2.75, 3.05) is 12.4 Å². The zero-order chi connectivity index (χ0) is 15.7. The maximum absolute atomic E-state index is 12.4. The molecule has 2 aromatic carbocycles. The van der Waals surface area contributed by atoms with Crippen molar-refractivity contribution in [1.29, 1.82) is 5.26 Å². The lowest BCUT2D eigenvalue weighted by molar-refractivity contribution is 0.961. The van der Waals surface area contributed by atoms with Crippen molar-refractivity contribution in [3.63, 3.8) is 0 Å². The van der Waals surface area contributed by atoms with Crippen molar-refractivity contribution in [1.82, 2.24) is 9.55 Å². The van der Waals surface area contributed by atoms with Gasteiger partial charge in [0, 0.05) is 12.4 Å². The summed E-state index contributed by atoms with van der Waals surface area (Å²) in [5.74, 6) is 0.417. The fourth-order valence-corrected chi connectivity index (χ4v) is 2.55. The van der Waals surface area contributed by atoms with Gasteiger partial charge in [-0.05, 0) is 24.3 Å². The van der Waals surface area contributed by atoms with Crippen LogP contribution in [0.2, 0.25) is 5.02 Å². The number of halogens is 1. The smallest absolute Gasteiger partial charge is 0.354 e. The monoisotopic (exact) mass is 310 g/mol. The Bertz CT molecular complexity index is 958.